The molecule has 0 unspecified atom stereocenters. The molecule has 0 saturated carbocycles. The van der Waals surface area contributed by atoms with E-state index in [0.29, 0.717) is 0 Å². The fourth-order valence-corrected chi connectivity index (χ4v) is 1.56. The SMILES string of the molecule is Cc1cc(N=C=S)cc2cc[nH]c12. The third kappa shape index (κ3) is 1.39. The van der Waals surface area contributed by atoms with Gasteiger partial charge in [0.05, 0.1) is 10.8 Å². The van der Waals surface area contributed by atoms with E-state index >= 15 is 0 Å². The number of hydrogen-bond donors (Lipinski definition) is 1. The second-order valence-corrected chi connectivity index (χ2v) is 3.09. The van der Waals surface area contributed by atoms with Crippen molar-refractivity contribution in [2.75, 3.05) is 0 Å². The number of benzene rings is 1. The summed E-state index contributed by atoms with van der Waals surface area (Å²) in [4.78, 5) is 7.12. The molecule has 0 aliphatic heterocycles. The number of fused-ring (bicyclic) bond motifs is 1. The number of aryl methyl sites for hydroxylation is 1. The Balaban J connectivity index is 2.76. The number of aromatic nitrogens is 1. The maximum atomic E-state index is 4.55. The van der Waals surface area contributed by atoms with E-state index in [-0.39, 0.29) is 0 Å². The van der Waals surface area contributed by atoms with E-state index in [1.165, 1.54) is 5.56 Å². The van der Waals surface area contributed by atoms with Crippen molar-refractivity contribution in [2.45, 2.75) is 6.92 Å². The fourth-order valence-electron chi connectivity index (χ4n) is 1.46. The van der Waals surface area contributed by atoms with Gasteiger partial charge in [0.1, 0.15) is 0 Å². The lowest BCUT2D eigenvalue weighted by atomic mass is 10.1. The van der Waals surface area contributed by atoms with Crippen molar-refractivity contribution in [1.82, 2.24) is 4.98 Å². The number of aromatic amines is 1. The van der Waals surface area contributed by atoms with E-state index in [4.69, 9.17) is 0 Å². The largest absolute Gasteiger partial charge is 0.361 e. The van der Waals surface area contributed by atoms with Crippen LogP contribution in [0.2, 0.25) is 0 Å². The summed E-state index contributed by atoms with van der Waals surface area (Å²) in [5, 5.41) is 3.52. The highest BCUT2D eigenvalue weighted by molar-refractivity contribution is 7.78. The third-order valence-corrected chi connectivity index (χ3v) is 2.11. The molecule has 0 aliphatic carbocycles. The smallest absolute Gasteiger partial charge is 0.0749 e. The van der Waals surface area contributed by atoms with E-state index in [1.807, 2.05) is 31.3 Å². The molecular weight excluding hydrogens is 180 g/mol. The molecule has 0 bridgehead atoms. The van der Waals surface area contributed by atoms with Crippen molar-refractivity contribution in [1.29, 1.82) is 0 Å². The van der Waals surface area contributed by atoms with Crippen LogP contribution in [0, 0.1) is 6.92 Å². The molecule has 0 radical (unpaired) electrons. The molecule has 0 spiro atoms. The van der Waals surface area contributed by atoms with Crippen LogP contribution in [0.3, 0.4) is 0 Å². The molecule has 1 heterocycles. The number of H-pyrrole nitrogens is 1. The highest BCUT2D eigenvalue weighted by Gasteiger charge is 1.99. The number of nitrogens with one attached hydrogen (secondary N) is 1. The summed E-state index contributed by atoms with van der Waals surface area (Å²) in [5.41, 5.74) is 3.19. The van der Waals surface area contributed by atoms with Crippen molar-refractivity contribution < 1.29 is 0 Å². The monoisotopic (exact) mass is 188 g/mol. The number of thiocarbonyl (C=S) groups is 1. The van der Waals surface area contributed by atoms with E-state index in [1.54, 1.807) is 0 Å². The Morgan fingerprint density at radius 1 is 1.46 bits per heavy atom. The van der Waals surface area contributed by atoms with Crippen LogP contribution < -0.4 is 0 Å². The second kappa shape index (κ2) is 3.13. The molecule has 0 atom stereocenters. The molecule has 2 nitrogen and oxygen atoms in total. The highest BCUT2D eigenvalue weighted by Crippen LogP contribution is 2.23. The van der Waals surface area contributed by atoms with Crippen molar-refractivity contribution >= 4 is 34.0 Å². The first-order valence-electron chi connectivity index (χ1n) is 3.97. The number of isothiocyanates is 1. The molecule has 13 heavy (non-hydrogen) atoms. The van der Waals surface area contributed by atoms with Gasteiger partial charge in [0.25, 0.3) is 0 Å². The van der Waals surface area contributed by atoms with Gasteiger partial charge in [-0.05, 0) is 42.9 Å². The molecule has 0 amide bonds. The predicted molar refractivity (Wildman–Crippen MR) is 57.7 cm³/mol. The second-order valence-electron chi connectivity index (χ2n) is 2.91. The molecule has 3 heteroatoms. The minimum absolute atomic E-state index is 0.861. The lowest BCUT2D eigenvalue weighted by Gasteiger charge is -1.97. The van der Waals surface area contributed by atoms with Crippen molar-refractivity contribution in [3.63, 3.8) is 0 Å². The lowest BCUT2D eigenvalue weighted by Crippen LogP contribution is -1.75. The van der Waals surface area contributed by atoms with Crippen LogP contribution >= 0.6 is 12.2 Å². The molecule has 1 aromatic heterocycles. The first kappa shape index (κ1) is 8.17. The summed E-state index contributed by atoms with van der Waals surface area (Å²) >= 11 is 4.55. The number of aliphatic imine (C=N–C) groups is 1. The Bertz CT molecular complexity index is 493. The topological polar surface area (TPSA) is 28.1 Å². The van der Waals surface area contributed by atoms with Gasteiger partial charge in [0.2, 0.25) is 0 Å². The Morgan fingerprint density at radius 3 is 3.08 bits per heavy atom. The van der Waals surface area contributed by atoms with Crippen LogP contribution in [0.1, 0.15) is 5.56 Å². The molecule has 1 N–H and O–H groups in total. The van der Waals surface area contributed by atoms with E-state index < -0.39 is 0 Å². The third-order valence-electron chi connectivity index (χ3n) is 2.02. The van der Waals surface area contributed by atoms with Crippen LogP contribution in [-0.2, 0) is 0 Å². The van der Waals surface area contributed by atoms with Crippen LogP contribution in [-0.4, -0.2) is 10.1 Å². The summed E-state index contributed by atoms with van der Waals surface area (Å²) in [5.74, 6) is 0. The maximum absolute atomic E-state index is 4.55. The van der Waals surface area contributed by atoms with Gasteiger partial charge in [-0.1, -0.05) is 0 Å². The van der Waals surface area contributed by atoms with Crippen LogP contribution in [0.15, 0.2) is 29.4 Å². The number of nitrogens with zero attached hydrogens (tertiary/aromatic N) is 1. The standard InChI is InChI=1S/C10H8N2S/c1-7-4-9(12-6-13)5-8-2-3-11-10(7)8/h2-5,11H,1H3. The van der Waals surface area contributed by atoms with Crippen molar-refractivity contribution in [3.8, 4) is 0 Å². The molecule has 0 fully saturated rings. The number of hydrogen-bond acceptors (Lipinski definition) is 2. The van der Waals surface area contributed by atoms with E-state index in [0.717, 1.165) is 16.6 Å². The molecular formula is C10H8N2S. The summed E-state index contributed by atoms with van der Waals surface area (Å²) in [6.07, 6.45) is 1.92. The first-order valence-corrected chi connectivity index (χ1v) is 4.37. The molecule has 2 rings (SSSR count). The summed E-state index contributed by atoms with van der Waals surface area (Å²) < 4.78 is 0. The Morgan fingerprint density at radius 2 is 2.31 bits per heavy atom. The van der Waals surface area contributed by atoms with Crippen molar-refractivity contribution in [3.05, 3.63) is 30.0 Å². The van der Waals surface area contributed by atoms with Crippen LogP contribution in [0.5, 0.6) is 0 Å². The first-order chi connectivity index (χ1) is 6.31. The van der Waals surface area contributed by atoms with Gasteiger partial charge >= 0.3 is 0 Å². The van der Waals surface area contributed by atoms with Gasteiger partial charge in [-0.3, -0.25) is 0 Å². The number of rotatable bonds is 1. The zero-order valence-electron chi connectivity index (χ0n) is 7.16. The Kier molecular flexibility index (Phi) is 1.97. The summed E-state index contributed by atoms with van der Waals surface area (Å²) in [6.45, 7) is 2.04. The van der Waals surface area contributed by atoms with Gasteiger partial charge in [-0.25, -0.2) is 0 Å². The molecule has 64 valence electrons. The van der Waals surface area contributed by atoms with Gasteiger partial charge in [0, 0.05) is 17.1 Å². The minimum atomic E-state index is 0.861. The minimum Gasteiger partial charge on any atom is -0.361 e. The summed E-state index contributed by atoms with van der Waals surface area (Å²) in [6, 6.07) is 5.99. The van der Waals surface area contributed by atoms with E-state index in [2.05, 4.69) is 27.4 Å². The van der Waals surface area contributed by atoms with Gasteiger partial charge in [-0.2, -0.15) is 4.99 Å². The lowest BCUT2D eigenvalue weighted by molar-refractivity contribution is 1.41. The molecule has 0 aliphatic rings. The van der Waals surface area contributed by atoms with E-state index in [9.17, 15) is 0 Å². The van der Waals surface area contributed by atoms with Crippen molar-refractivity contribution in [2.24, 2.45) is 4.99 Å². The summed E-state index contributed by atoms with van der Waals surface area (Å²) in [7, 11) is 0. The van der Waals surface area contributed by atoms with Gasteiger partial charge in [0.15, 0.2) is 0 Å². The maximum Gasteiger partial charge on any atom is 0.0749 e. The zero-order valence-corrected chi connectivity index (χ0v) is 7.98. The molecule has 0 saturated heterocycles. The van der Waals surface area contributed by atoms with Gasteiger partial charge in [-0.15, -0.1) is 0 Å². The normalized spacial score (nSPS) is 9.92. The van der Waals surface area contributed by atoms with Gasteiger partial charge < -0.3 is 4.98 Å². The van der Waals surface area contributed by atoms with Crippen LogP contribution in [0.4, 0.5) is 5.69 Å². The van der Waals surface area contributed by atoms with Crippen LogP contribution in [0.25, 0.3) is 10.9 Å². The quantitative estimate of drug-likeness (QED) is 0.540. The highest BCUT2D eigenvalue weighted by atomic mass is 32.1. The fraction of sp³-hybridized carbons (Fsp3) is 0.100. The average Bonchev–Trinajstić information content (AvgIpc) is 2.53. The zero-order chi connectivity index (χ0) is 9.26. The predicted octanol–water partition coefficient (Wildman–Crippen LogP) is 3.21. The average molecular weight is 188 g/mol. The Labute approximate surface area is 81.3 Å². The molecule has 2 aromatic rings. The molecule has 1 aromatic carbocycles. The Hall–Kier alpha value is -1.44.